The molecule has 0 amide bonds. The molecule has 0 saturated carbocycles. The summed E-state index contributed by atoms with van der Waals surface area (Å²) in [5, 5.41) is 7.50. The first-order chi connectivity index (χ1) is 23.3. The first kappa shape index (κ1) is 31.3. The molecule has 0 aliphatic carbocycles. The number of ether oxygens (including phenoxy) is 1. The Morgan fingerprint density at radius 1 is 0.688 bits per heavy atom. The fourth-order valence-electron chi connectivity index (χ4n) is 7.04. The second kappa shape index (κ2) is 12.7. The molecule has 0 aliphatic heterocycles. The van der Waals surface area contributed by atoms with E-state index in [1.165, 1.54) is 50.0 Å². The number of para-hydroxylation sites is 1. The van der Waals surface area contributed by atoms with Crippen LogP contribution in [0, 0.1) is 13.8 Å². The molecule has 0 fully saturated rings. The normalized spacial score (nSPS) is 11.5. The minimum absolute atomic E-state index is 0.763. The van der Waals surface area contributed by atoms with Gasteiger partial charge in [0, 0.05) is 54.4 Å². The van der Waals surface area contributed by atoms with Gasteiger partial charge in [-0.1, -0.05) is 45.0 Å². The van der Waals surface area contributed by atoms with Crippen molar-refractivity contribution in [3.63, 3.8) is 0 Å². The molecule has 0 radical (unpaired) electrons. The minimum atomic E-state index is 0.763. The molecule has 0 atom stereocenters. The van der Waals surface area contributed by atoms with Crippen LogP contribution in [0.25, 0.3) is 44.4 Å². The molecule has 0 N–H and O–H groups in total. The summed E-state index contributed by atoms with van der Waals surface area (Å²) in [4.78, 5) is 6.93. The molecule has 48 heavy (non-hydrogen) atoms. The quantitative estimate of drug-likeness (QED) is 0.159. The number of hydrogen-bond acceptors (Lipinski definition) is 4. The highest BCUT2D eigenvalue weighted by molar-refractivity contribution is 6.09. The molecule has 3 heterocycles. The van der Waals surface area contributed by atoms with Crippen LogP contribution in [0.5, 0.6) is 11.5 Å². The van der Waals surface area contributed by atoms with E-state index in [-0.39, 0.29) is 0 Å². The molecule has 0 unspecified atom stereocenters. The Morgan fingerprint density at radius 3 is 2.12 bits per heavy atom. The van der Waals surface area contributed by atoms with Gasteiger partial charge in [0.2, 0.25) is 0 Å². The summed E-state index contributed by atoms with van der Waals surface area (Å²) in [7, 11) is 4.23. The standard InChI is InChI=1S/C42H43N5O/c1-8-29-23-32(45(6)7)24-30(9-2)42(29)41-28(5)44-47(37(41)10-3)31-14-13-15-33(25-31)48-34-18-19-36-35-16-11-12-17-38(35)46(39(36)26-34)40-22-27(4)20-21-43-40/h11-26H,8-10H2,1-7H3. The molecule has 4 aromatic carbocycles. The van der Waals surface area contributed by atoms with Gasteiger partial charge in [0.1, 0.15) is 17.3 Å². The van der Waals surface area contributed by atoms with E-state index in [0.29, 0.717) is 0 Å². The van der Waals surface area contributed by atoms with Gasteiger partial charge in [-0.15, -0.1) is 0 Å². The van der Waals surface area contributed by atoms with Crippen LogP contribution in [0.2, 0.25) is 0 Å². The Balaban J connectivity index is 1.30. The summed E-state index contributed by atoms with van der Waals surface area (Å²) < 4.78 is 10.9. The van der Waals surface area contributed by atoms with E-state index < -0.39 is 0 Å². The van der Waals surface area contributed by atoms with Gasteiger partial charge in [0.25, 0.3) is 0 Å². The predicted molar refractivity (Wildman–Crippen MR) is 200 cm³/mol. The maximum Gasteiger partial charge on any atom is 0.137 e. The topological polar surface area (TPSA) is 48.1 Å². The first-order valence-corrected chi connectivity index (χ1v) is 17.0. The molecule has 0 spiro atoms. The van der Waals surface area contributed by atoms with Gasteiger partial charge in [-0.3, -0.25) is 4.57 Å². The van der Waals surface area contributed by atoms with Gasteiger partial charge in [-0.05, 0) is 110 Å². The number of benzene rings is 4. The van der Waals surface area contributed by atoms with E-state index in [0.717, 1.165) is 59.0 Å². The van der Waals surface area contributed by atoms with Gasteiger partial charge < -0.3 is 9.64 Å². The molecule has 7 aromatic rings. The van der Waals surface area contributed by atoms with Gasteiger partial charge in [0.15, 0.2) is 0 Å². The molecule has 6 heteroatoms. The lowest BCUT2D eigenvalue weighted by Gasteiger charge is -2.21. The van der Waals surface area contributed by atoms with Crippen LogP contribution in [-0.4, -0.2) is 33.4 Å². The second-order valence-electron chi connectivity index (χ2n) is 12.7. The number of aryl methyl sites for hydroxylation is 4. The highest BCUT2D eigenvalue weighted by Gasteiger charge is 2.22. The van der Waals surface area contributed by atoms with Crippen LogP contribution in [-0.2, 0) is 19.3 Å². The monoisotopic (exact) mass is 633 g/mol. The van der Waals surface area contributed by atoms with Gasteiger partial charge in [0.05, 0.1) is 28.1 Å². The Morgan fingerprint density at radius 2 is 1.42 bits per heavy atom. The van der Waals surface area contributed by atoms with Crippen LogP contribution in [0.3, 0.4) is 0 Å². The molecule has 7 rings (SSSR count). The Bertz CT molecular complexity index is 2270. The van der Waals surface area contributed by atoms with E-state index in [2.05, 4.69) is 136 Å². The van der Waals surface area contributed by atoms with E-state index >= 15 is 0 Å². The van der Waals surface area contributed by atoms with Gasteiger partial charge in [-0.25, -0.2) is 9.67 Å². The maximum absolute atomic E-state index is 6.58. The van der Waals surface area contributed by atoms with Crippen LogP contribution in [0.4, 0.5) is 5.69 Å². The average molecular weight is 634 g/mol. The lowest BCUT2D eigenvalue weighted by Crippen LogP contribution is -2.10. The van der Waals surface area contributed by atoms with Crippen molar-refractivity contribution in [1.82, 2.24) is 19.3 Å². The van der Waals surface area contributed by atoms with Crippen LogP contribution >= 0.6 is 0 Å². The Hall–Kier alpha value is -5.36. The molecule has 0 saturated heterocycles. The molecule has 0 aliphatic rings. The van der Waals surface area contributed by atoms with Crippen molar-refractivity contribution in [2.45, 2.75) is 53.9 Å². The molecule has 0 bridgehead atoms. The number of aromatic nitrogens is 4. The van der Waals surface area contributed by atoms with Crippen molar-refractivity contribution in [2.24, 2.45) is 0 Å². The van der Waals surface area contributed by atoms with Crippen molar-refractivity contribution in [3.8, 4) is 34.1 Å². The maximum atomic E-state index is 6.58. The van der Waals surface area contributed by atoms with E-state index in [1.54, 1.807) is 0 Å². The number of nitrogens with zero attached hydrogens (tertiary/aromatic N) is 5. The van der Waals surface area contributed by atoms with E-state index in [4.69, 9.17) is 14.8 Å². The number of anilines is 1. The lowest BCUT2D eigenvalue weighted by atomic mass is 9.89. The minimum Gasteiger partial charge on any atom is -0.457 e. The summed E-state index contributed by atoms with van der Waals surface area (Å²) in [5.74, 6) is 2.43. The third-order valence-electron chi connectivity index (χ3n) is 9.38. The third kappa shape index (κ3) is 5.41. The molecule has 242 valence electrons. The summed E-state index contributed by atoms with van der Waals surface area (Å²) in [6, 6.07) is 31.9. The molecular formula is C42H43N5O. The molecular weight excluding hydrogens is 590 g/mol. The average Bonchev–Trinajstić information content (AvgIpc) is 3.61. The predicted octanol–water partition coefficient (Wildman–Crippen LogP) is 10.2. The van der Waals surface area contributed by atoms with Crippen molar-refractivity contribution >= 4 is 27.5 Å². The summed E-state index contributed by atoms with van der Waals surface area (Å²) in [6.07, 6.45) is 4.65. The van der Waals surface area contributed by atoms with E-state index in [9.17, 15) is 0 Å². The lowest BCUT2D eigenvalue weighted by molar-refractivity contribution is 0.482. The van der Waals surface area contributed by atoms with Crippen molar-refractivity contribution in [3.05, 3.63) is 125 Å². The van der Waals surface area contributed by atoms with Crippen LogP contribution in [0.15, 0.2) is 97.2 Å². The fourth-order valence-corrected chi connectivity index (χ4v) is 7.04. The molecule has 6 nitrogen and oxygen atoms in total. The smallest absolute Gasteiger partial charge is 0.137 e. The number of hydrogen-bond donors (Lipinski definition) is 0. The van der Waals surface area contributed by atoms with Gasteiger partial charge >= 0.3 is 0 Å². The number of fused-ring (bicyclic) bond motifs is 3. The summed E-state index contributed by atoms with van der Waals surface area (Å²) in [6.45, 7) is 11.0. The zero-order valence-corrected chi connectivity index (χ0v) is 29.0. The summed E-state index contributed by atoms with van der Waals surface area (Å²) >= 11 is 0. The summed E-state index contributed by atoms with van der Waals surface area (Å²) in [5.41, 5.74) is 13.1. The van der Waals surface area contributed by atoms with Crippen LogP contribution in [0.1, 0.15) is 48.8 Å². The zero-order valence-electron chi connectivity index (χ0n) is 29.0. The van der Waals surface area contributed by atoms with E-state index in [1.807, 2.05) is 24.4 Å². The highest BCUT2D eigenvalue weighted by Crippen LogP contribution is 2.39. The second-order valence-corrected chi connectivity index (χ2v) is 12.7. The van der Waals surface area contributed by atoms with Crippen molar-refractivity contribution in [1.29, 1.82) is 0 Å². The largest absolute Gasteiger partial charge is 0.457 e. The Labute approximate surface area is 283 Å². The SMILES string of the molecule is CCc1cc(N(C)C)cc(CC)c1-c1c(C)nn(-c2cccc(Oc3ccc4c5ccccc5n(-c5cc(C)ccn5)c4c3)c2)c1CC. The molecule has 3 aromatic heterocycles. The van der Waals surface area contributed by atoms with Crippen molar-refractivity contribution in [2.75, 3.05) is 19.0 Å². The fraction of sp³-hybridized carbons (Fsp3) is 0.238. The zero-order chi connectivity index (χ0) is 33.5. The highest BCUT2D eigenvalue weighted by atomic mass is 16.5. The first-order valence-electron chi connectivity index (χ1n) is 17.0. The Kier molecular flexibility index (Phi) is 8.26. The third-order valence-corrected chi connectivity index (χ3v) is 9.38. The van der Waals surface area contributed by atoms with Crippen molar-refractivity contribution < 1.29 is 4.74 Å². The van der Waals surface area contributed by atoms with Gasteiger partial charge in [-0.2, -0.15) is 5.10 Å². The number of pyridine rings is 1. The van der Waals surface area contributed by atoms with Crippen LogP contribution < -0.4 is 9.64 Å². The number of rotatable bonds is 9.